The quantitative estimate of drug-likeness (QED) is 0.461. The van der Waals surface area contributed by atoms with Crippen LogP contribution in [0.4, 0.5) is 5.69 Å². The average molecular weight is 308 g/mol. The van der Waals surface area contributed by atoms with Gasteiger partial charge in [-0.2, -0.15) is 0 Å². The summed E-state index contributed by atoms with van der Waals surface area (Å²) in [7, 11) is 1.59. The molecule has 6 heteroatoms. The van der Waals surface area contributed by atoms with Crippen molar-refractivity contribution in [1.82, 2.24) is 0 Å². The Kier molecular flexibility index (Phi) is 5.00. The van der Waals surface area contributed by atoms with E-state index in [-0.39, 0.29) is 23.9 Å². The van der Waals surface area contributed by atoms with E-state index in [1.165, 1.54) is 6.07 Å². The van der Waals surface area contributed by atoms with Crippen molar-refractivity contribution in [3.05, 3.63) is 63.7 Å². The standard InChI is InChI=1S/C15H14ClNO4/c1-20-13-5-2-11(3-6-13)10-21-15-7-4-12(9-16)8-14(15)17(18)19/h2-8H,9-10H2,1H3. The molecule has 0 aliphatic carbocycles. The summed E-state index contributed by atoms with van der Waals surface area (Å²) in [5.41, 5.74) is 1.49. The minimum atomic E-state index is -0.473. The highest BCUT2D eigenvalue weighted by molar-refractivity contribution is 6.17. The summed E-state index contributed by atoms with van der Waals surface area (Å²) < 4.78 is 10.6. The van der Waals surface area contributed by atoms with Crippen molar-refractivity contribution >= 4 is 17.3 Å². The van der Waals surface area contributed by atoms with E-state index >= 15 is 0 Å². The van der Waals surface area contributed by atoms with Crippen molar-refractivity contribution < 1.29 is 14.4 Å². The van der Waals surface area contributed by atoms with Gasteiger partial charge in [-0.3, -0.25) is 10.1 Å². The summed E-state index contributed by atoms with van der Waals surface area (Å²) in [6.07, 6.45) is 0. The third kappa shape index (κ3) is 3.86. The third-order valence-corrected chi connectivity index (χ3v) is 3.24. The van der Waals surface area contributed by atoms with E-state index in [2.05, 4.69) is 0 Å². The van der Waals surface area contributed by atoms with Crippen LogP contribution < -0.4 is 9.47 Å². The topological polar surface area (TPSA) is 61.6 Å². The van der Waals surface area contributed by atoms with Gasteiger partial charge in [0, 0.05) is 11.9 Å². The third-order valence-electron chi connectivity index (χ3n) is 2.93. The molecular weight excluding hydrogens is 294 g/mol. The maximum atomic E-state index is 11.1. The van der Waals surface area contributed by atoms with Gasteiger partial charge in [-0.15, -0.1) is 11.6 Å². The van der Waals surface area contributed by atoms with Crippen LogP contribution in [0.25, 0.3) is 0 Å². The predicted molar refractivity (Wildman–Crippen MR) is 80.0 cm³/mol. The number of benzene rings is 2. The molecular formula is C15H14ClNO4. The molecule has 0 unspecified atom stereocenters. The monoisotopic (exact) mass is 307 g/mol. The van der Waals surface area contributed by atoms with Gasteiger partial charge in [-0.25, -0.2) is 0 Å². The van der Waals surface area contributed by atoms with Gasteiger partial charge in [-0.1, -0.05) is 18.2 Å². The summed E-state index contributed by atoms with van der Waals surface area (Å²) in [5, 5.41) is 11.1. The van der Waals surface area contributed by atoms with Crippen molar-refractivity contribution in [1.29, 1.82) is 0 Å². The zero-order valence-corrected chi connectivity index (χ0v) is 12.2. The highest BCUT2D eigenvalue weighted by Gasteiger charge is 2.15. The van der Waals surface area contributed by atoms with Gasteiger partial charge in [0.15, 0.2) is 5.75 Å². The number of methoxy groups -OCH3 is 1. The lowest BCUT2D eigenvalue weighted by Crippen LogP contribution is -2.00. The van der Waals surface area contributed by atoms with Crippen LogP contribution in [-0.2, 0) is 12.5 Å². The van der Waals surface area contributed by atoms with E-state index in [0.717, 1.165) is 11.3 Å². The lowest BCUT2D eigenvalue weighted by molar-refractivity contribution is -0.386. The molecule has 5 nitrogen and oxygen atoms in total. The molecule has 0 heterocycles. The molecule has 0 atom stereocenters. The van der Waals surface area contributed by atoms with E-state index in [1.807, 2.05) is 24.3 Å². The molecule has 0 radical (unpaired) electrons. The van der Waals surface area contributed by atoms with Gasteiger partial charge in [-0.05, 0) is 29.3 Å². The van der Waals surface area contributed by atoms with Gasteiger partial charge in [0.05, 0.1) is 12.0 Å². The smallest absolute Gasteiger partial charge is 0.311 e. The van der Waals surface area contributed by atoms with Gasteiger partial charge >= 0.3 is 5.69 Å². The zero-order valence-electron chi connectivity index (χ0n) is 11.4. The minimum absolute atomic E-state index is 0.0818. The van der Waals surface area contributed by atoms with E-state index < -0.39 is 4.92 Å². The lowest BCUT2D eigenvalue weighted by atomic mass is 10.2. The number of rotatable bonds is 6. The van der Waals surface area contributed by atoms with Crippen molar-refractivity contribution in [2.24, 2.45) is 0 Å². The van der Waals surface area contributed by atoms with Gasteiger partial charge < -0.3 is 9.47 Å². The van der Waals surface area contributed by atoms with Crippen molar-refractivity contribution in [3.63, 3.8) is 0 Å². The Morgan fingerprint density at radius 2 is 1.81 bits per heavy atom. The number of nitro benzene ring substituents is 1. The highest BCUT2D eigenvalue weighted by Crippen LogP contribution is 2.29. The van der Waals surface area contributed by atoms with E-state index in [4.69, 9.17) is 21.1 Å². The van der Waals surface area contributed by atoms with Crippen LogP contribution in [0.2, 0.25) is 0 Å². The van der Waals surface area contributed by atoms with Crippen LogP contribution in [0.5, 0.6) is 11.5 Å². The molecule has 0 aromatic heterocycles. The predicted octanol–water partition coefficient (Wildman–Crippen LogP) is 3.92. The summed E-state index contributed by atoms with van der Waals surface area (Å²) in [6, 6.07) is 12.0. The molecule has 21 heavy (non-hydrogen) atoms. The first-order chi connectivity index (χ1) is 10.1. The second-order valence-corrected chi connectivity index (χ2v) is 4.60. The number of nitrogens with zero attached hydrogens (tertiary/aromatic N) is 1. The van der Waals surface area contributed by atoms with Crippen molar-refractivity contribution in [3.8, 4) is 11.5 Å². The molecule has 0 saturated carbocycles. The largest absolute Gasteiger partial charge is 0.497 e. The first-order valence-corrected chi connectivity index (χ1v) is 6.76. The fraction of sp³-hybridized carbons (Fsp3) is 0.200. The van der Waals surface area contributed by atoms with Crippen LogP contribution in [0.1, 0.15) is 11.1 Å². The number of nitro groups is 1. The summed E-state index contributed by atoms with van der Waals surface area (Å²) in [5.74, 6) is 1.19. The SMILES string of the molecule is COc1ccc(COc2ccc(CCl)cc2[N+](=O)[O-])cc1. The fourth-order valence-corrected chi connectivity index (χ4v) is 1.96. The van der Waals surface area contributed by atoms with Crippen LogP contribution in [0.3, 0.4) is 0 Å². The van der Waals surface area contributed by atoms with E-state index in [1.54, 1.807) is 19.2 Å². The molecule has 0 fully saturated rings. The zero-order chi connectivity index (χ0) is 15.2. The van der Waals surface area contributed by atoms with E-state index in [0.29, 0.717) is 5.56 Å². The highest BCUT2D eigenvalue weighted by atomic mass is 35.5. The normalized spacial score (nSPS) is 10.2. The maximum absolute atomic E-state index is 11.1. The molecule has 2 aromatic rings. The van der Waals surface area contributed by atoms with E-state index in [9.17, 15) is 10.1 Å². The maximum Gasteiger partial charge on any atom is 0.311 e. The van der Waals surface area contributed by atoms with Crippen LogP contribution in [-0.4, -0.2) is 12.0 Å². The Morgan fingerprint density at radius 1 is 1.14 bits per heavy atom. The molecule has 2 aromatic carbocycles. The Morgan fingerprint density at radius 3 is 2.38 bits per heavy atom. The minimum Gasteiger partial charge on any atom is -0.497 e. The molecule has 0 saturated heterocycles. The summed E-state index contributed by atoms with van der Waals surface area (Å²) >= 11 is 5.68. The second kappa shape index (κ2) is 6.95. The average Bonchev–Trinajstić information content (AvgIpc) is 2.53. The Hall–Kier alpha value is -2.27. The first-order valence-electron chi connectivity index (χ1n) is 6.23. The van der Waals surface area contributed by atoms with Crippen molar-refractivity contribution in [2.75, 3.05) is 7.11 Å². The molecule has 2 rings (SSSR count). The van der Waals surface area contributed by atoms with Crippen LogP contribution in [0, 0.1) is 10.1 Å². The number of halogens is 1. The van der Waals surface area contributed by atoms with Gasteiger partial charge in [0.25, 0.3) is 0 Å². The molecule has 0 N–H and O–H groups in total. The van der Waals surface area contributed by atoms with Crippen LogP contribution in [0.15, 0.2) is 42.5 Å². The molecule has 0 aliphatic rings. The van der Waals surface area contributed by atoms with Gasteiger partial charge in [0.2, 0.25) is 0 Å². The Labute approximate surface area is 127 Å². The van der Waals surface area contributed by atoms with Crippen LogP contribution >= 0.6 is 11.6 Å². The summed E-state index contributed by atoms with van der Waals surface area (Å²) in [6.45, 7) is 0.241. The molecule has 0 bridgehead atoms. The number of hydrogen-bond acceptors (Lipinski definition) is 4. The van der Waals surface area contributed by atoms with Gasteiger partial charge in [0.1, 0.15) is 12.4 Å². The molecule has 0 aliphatic heterocycles. The Bertz CT molecular complexity index is 628. The summed E-state index contributed by atoms with van der Waals surface area (Å²) in [4.78, 5) is 10.6. The second-order valence-electron chi connectivity index (χ2n) is 4.33. The number of hydrogen-bond donors (Lipinski definition) is 0. The fourth-order valence-electron chi connectivity index (χ4n) is 1.79. The lowest BCUT2D eigenvalue weighted by Gasteiger charge is -2.08. The Balaban J connectivity index is 2.13. The van der Waals surface area contributed by atoms with Crippen molar-refractivity contribution in [2.45, 2.75) is 12.5 Å². The molecule has 110 valence electrons. The molecule has 0 amide bonds. The number of ether oxygens (including phenoxy) is 2. The number of alkyl halides is 1. The molecule has 0 spiro atoms. The first kappa shape index (κ1) is 15.1.